The molecule has 4 nitrogen and oxygen atoms in total. The number of hydrogen-bond donors (Lipinski definition) is 1. The Hall–Kier alpha value is -2.18. The molecule has 4 atom stereocenters. The third-order valence-corrected chi connectivity index (χ3v) is 9.76. The van der Waals surface area contributed by atoms with Crippen LogP contribution in [-0.4, -0.2) is 46.7 Å². The molecule has 0 aromatic heterocycles. The first-order valence-electron chi connectivity index (χ1n) is 12.6. The normalized spacial score (nSPS) is 24.5. The number of fused-ring (bicyclic) bond motifs is 1. The van der Waals surface area contributed by atoms with Crippen molar-refractivity contribution in [3.63, 3.8) is 0 Å². The lowest BCUT2D eigenvalue weighted by molar-refractivity contribution is 0.0749. The van der Waals surface area contributed by atoms with Gasteiger partial charge in [-0.25, -0.2) is 8.51 Å². The summed E-state index contributed by atoms with van der Waals surface area (Å²) in [4.78, 5) is 0.827. The van der Waals surface area contributed by atoms with Crippen molar-refractivity contribution in [1.29, 1.82) is 0 Å². The monoisotopic (exact) mass is 476 g/mol. The van der Waals surface area contributed by atoms with Crippen LogP contribution in [-0.2, 0) is 14.4 Å². The molecule has 0 amide bonds. The van der Waals surface area contributed by atoms with Crippen molar-refractivity contribution in [3.05, 3.63) is 77.9 Å². The first kappa shape index (κ1) is 23.6. The molecule has 0 bridgehead atoms. The lowest BCUT2D eigenvalue weighted by Crippen LogP contribution is -2.40. The van der Waals surface area contributed by atoms with E-state index in [1.165, 1.54) is 41.2 Å². The molecular formula is C29H36N2O2S. The highest BCUT2D eigenvalue weighted by atomic mass is 32.2. The van der Waals surface area contributed by atoms with E-state index in [-0.39, 0.29) is 0 Å². The highest BCUT2D eigenvalue weighted by Crippen LogP contribution is 2.35. The van der Waals surface area contributed by atoms with Crippen LogP contribution in [0.25, 0.3) is 10.8 Å². The van der Waals surface area contributed by atoms with E-state index < -0.39 is 9.71 Å². The van der Waals surface area contributed by atoms with Crippen molar-refractivity contribution < 1.29 is 8.95 Å². The van der Waals surface area contributed by atoms with Gasteiger partial charge in [0.1, 0.15) is 0 Å². The standard InChI is InChI=1S/C29H36N2O2S/c1-22(28-12-6-8-24-7-3-4-11-29(24)28)30-26-10-5-9-25(21-26)23-13-15-27(16-14-23)34(2,32)31-17-19-33-20-18-31/h3-4,6-8,11-16,22,25-26,30H,2,5,9-10,17-21H2,1H3. The molecule has 1 N–H and O–H groups in total. The van der Waals surface area contributed by atoms with Gasteiger partial charge in [-0.05, 0) is 72.0 Å². The fourth-order valence-corrected chi connectivity index (χ4v) is 7.26. The first-order chi connectivity index (χ1) is 16.5. The van der Waals surface area contributed by atoms with E-state index >= 15 is 0 Å². The molecule has 2 fully saturated rings. The lowest BCUT2D eigenvalue weighted by atomic mass is 9.81. The summed E-state index contributed by atoms with van der Waals surface area (Å²) in [6.07, 6.45) is 4.79. The molecule has 0 spiro atoms. The van der Waals surface area contributed by atoms with Crippen molar-refractivity contribution in [1.82, 2.24) is 9.62 Å². The molecule has 1 saturated heterocycles. The van der Waals surface area contributed by atoms with E-state index in [0.29, 0.717) is 44.3 Å². The molecule has 1 aliphatic heterocycles. The van der Waals surface area contributed by atoms with Crippen LogP contribution in [0.5, 0.6) is 0 Å². The molecule has 4 unspecified atom stereocenters. The predicted octanol–water partition coefficient (Wildman–Crippen LogP) is 5.54. The molecule has 1 heterocycles. The fraction of sp³-hybridized carbons (Fsp3) is 0.414. The van der Waals surface area contributed by atoms with E-state index in [9.17, 15) is 4.21 Å². The summed E-state index contributed by atoms with van der Waals surface area (Å²) >= 11 is 0. The van der Waals surface area contributed by atoms with Crippen LogP contribution in [0.1, 0.15) is 55.7 Å². The third kappa shape index (κ3) is 4.94. The Balaban J connectivity index is 1.26. The van der Waals surface area contributed by atoms with Gasteiger partial charge in [0, 0.05) is 30.1 Å². The van der Waals surface area contributed by atoms with Gasteiger partial charge in [0.25, 0.3) is 0 Å². The summed E-state index contributed by atoms with van der Waals surface area (Å²) in [5.74, 6) is 4.62. The smallest absolute Gasteiger partial charge is 0.0604 e. The number of nitrogens with one attached hydrogen (secondary N) is 1. The Labute approximate surface area is 204 Å². The number of morpholine rings is 1. The summed E-state index contributed by atoms with van der Waals surface area (Å²) < 4.78 is 20.8. The highest BCUT2D eigenvalue weighted by Gasteiger charge is 2.26. The zero-order chi connectivity index (χ0) is 23.5. The Bertz CT molecular complexity index is 1210. The number of hydrogen-bond acceptors (Lipinski definition) is 3. The molecule has 1 aliphatic carbocycles. The van der Waals surface area contributed by atoms with Crippen molar-refractivity contribution in [2.24, 2.45) is 0 Å². The lowest BCUT2D eigenvalue weighted by Gasteiger charge is -2.33. The van der Waals surface area contributed by atoms with Crippen molar-refractivity contribution in [3.8, 4) is 0 Å². The van der Waals surface area contributed by atoms with Crippen LogP contribution in [0, 0.1) is 0 Å². The second-order valence-electron chi connectivity index (χ2n) is 9.77. The molecule has 1 saturated carbocycles. The minimum Gasteiger partial charge on any atom is -0.379 e. The number of ether oxygens (including phenoxy) is 1. The quantitative estimate of drug-likeness (QED) is 0.475. The summed E-state index contributed by atoms with van der Waals surface area (Å²) in [7, 11) is -2.44. The minimum atomic E-state index is -2.44. The average molecular weight is 477 g/mol. The zero-order valence-corrected chi connectivity index (χ0v) is 20.9. The Morgan fingerprint density at radius 1 is 1.00 bits per heavy atom. The van der Waals surface area contributed by atoms with Crippen LogP contribution in [0.4, 0.5) is 0 Å². The Morgan fingerprint density at radius 3 is 2.53 bits per heavy atom. The average Bonchev–Trinajstić information content (AvgIpc) is 2.89. The summed E-state index contributed by atoms with van der Waals surface area (Å²) in [5.41, 5.74) is 2.73. The largest absolute Gasteiger partial charge is 0.379 e. The van der Waals surface area contributed by atoms with E-state index in [4.69, 9.17) is 4.74 Å². The molecular weight excluding hydrogens is 440 g/mol. The highest BCUT2D eigenvalue weighted by molar-refractivity contribution is 7.98. The van der Waals surface area contributed by atoms with Gasteiger partial charge in [-0.2, -0.15) is 0 Å². The molecule has 5 heteroatoms. The molecule has 0 radical (unpaired) electrons. The molecule has 180 valence electrons. The predicted molar refractivity (Wildman–Crippen MR) is 143 cm³/mol. The second kappa shape index (κ2) is 10.2. The minimum absolute atomic E-state index is 0.307. The summed E-state index contributed by atoms with van der Waals surface area (Å²) in [6, 6.07) is 24.5. The van der Waals surface area contributed by atoms with Gasteiger partial charge in [-0.15, -0.1) is 0 Å². The maximum atomic E-state index is 13.4. The van der Waals surface area contributed by atoms with E-state index in [2.05, 4.69) is 72.7 Å². The Morgan fingerprint density at radius 2 is 1.74 bits per heavy atom. The van der Waals surface area contributed by atoms with Gasteiger partial charge >= 0.3 is 0 Å². The molecule has 3 aromatic carbocycles. The van der Waals surface area contributed by atoms with Gasteiger partial charge in [-0.3, -0.25) is 0 Å². The maximum Gasteiger partial charge on any atom is 0.0604 e. The number of nitrogens with zero attached hydrogens (tertiary/aromatic N) is 1. The number of rotatable bonds is 6. The fourth-order valence-electron chi connectivity index (χ4n) is 5.66. The van der Waals surface area contributed by atoms with Gasteiger partial charge in [0.05, 0.1) is 22.9 Å². The van der Waals surface area contributed by atoms with Gasteiger partial charge < -0.3 is 10.1 Å². The van der Waals surface area contributed by atoms with Gasteiger partial charge in [0.2, 0.25) is 0 Å². The van der Waals surface area contributed by atoms with E-state index in [0.717, 1.165) is 11.3 Å². The van der Waals surface area contributed by atoms with E-state index in [1.807, 2.05) is 16.4 Å². The molecule has 5 rings (SSSR count). The van der Waals surface area contributed by atoms with Crippen LogP contribution >= 0.6 is 0 Å². The second-order valence-corrected chi connectivity index (χ2v) is 12.0. The van der Waals surface area contributed by atoms with Crippen molar-refractivity contribution in [2.45, 2.75) is 55.5 Å². The topological polar surface area (TPSA) is 41.6 Å². The van der Waals surface area contributed by atoms with E-state index in [1.54, 1.807) is 0 Å². The SMILES string of the molecule is C=S(=O)(c1ccc(C2CCCC(NC(C)c3cccc4ccccc34)C2)cc1)N1CCOCC1. The molecule has 2 aliphatic rings. The van der Waals surface area contributed by atoms with Crippen molar-refractivity contribution in [2.75, 3.05) is 26.3 Å². The zero-order valence-electron chi connectivity index (χ0n) is 20.1. The van der Waals surface area contributed by atoms with Crippen molar-refractivity contribution >= 4 is 26.4 Å². The first-order valence-corrected chi connectivity index (χ1v) is 14.2. The van der Waals surface area contributed by atoms with Crippen LogP contribution < -0.4 is 5.32 Å². The Kier molecular flexibility index (Phi) is 7.07. The molecule has 3 aromatic rings. The summed E-state index contributed by atoms with van der Waals surface area (Å²) in [6.45, 7) is 4.89. The summed E-state index contributed by atoms with van der Waals surface area (Å²) in [5, 5.41) is 6.57. The third-order valence-electron chi connectivity index (χ3n) is 7.56. The maximum absolute atomic E-state index is 13.4. The number of benzene rings is 3. The molecule has 34 heavy (non-hydrogen) atoms. The van der Waals surface area contributed by atoms with Crippen LogP contribution in [0.15, 0.2) is 71.6 Å². The van der Waals surface area contributed by atoms with Gasteiger partial charge in [-0.1, -0.05) is 61.0 Å². The van der Waals surface area contributed by atoms with Crippen LogP contribution in [0.2, 0.25) is 0 Å². The van der Waals surface area contributed by atoms with Gasteiger partial charge in [0.15, 0.2) is 0 Å². The van der Waals surface area contributed by atoms with Crippen LogP contribution in [0.3, 0.4) is 0 Å².